The standard InChI is InChI=1S/C10H11N3OS.C10H12N2O2S.C9H9N3OS.C8H7ClO2.C6H15N.C2H6N2S.H2NO.Na/c1-14-8-6-4-3-5-7(8)9-11-10(15-2)13-12-9;1-14-8-5-3-2-4-7(8)10(13)12-6-9(11)15;1-13-7-5-3-2-4-6(7)8-10-9(14)12-11-8;1-11-7-5-3-2-4-6(7)8(9)10;1-4-7(5-2)6-3;3-1-2(4)5;1-2;/h3-6H,1-2H3,(H,11,12,13);2-5H,6H2,1H3,(H2,11,15)(H,12,13);2-5H,1H3,(H2,10,11,12,14);2-5H,1H3;4-6H2,1-3H3;1,3H2,(H2,4,5);1-2H;/q;;;;;;-1;+1. The molecule has 0 spiro atoms. The number of thiocarbonyl (C=S) groups is 2. The van der Waals surface area contributed by atoms with E-state index in [-0.39, 0.29) is 47.0 Å². The summed E-state index contributed by atoms with van der Waals surface area (Å²) in [7, 11) is 6.28. The summed E-state index contributed by atoms with van der Waals surface area (Å²) in [6.45, 7) is 10.6. The van der Waals surface area contributed by atoms with E-state index in [0.717, 1.165) is 33.6 Å². The van der Waals surface area contributed by atoms with Crippen molar-refractivity contribution in [2.45, 2.75) is 25.9 Å². The third-order valence-electron chi connectivity index (χ3n) is 8.51. The number of aromatic nitrogens is 6. The first-order valence-electron chi connectivity index (χ1n) is 20.5. The number of halogens is 1. The molecule has 70 heavy (non-hydrogen) atoms. The van der Waals surface area contributed by atoms with E-state index in [1.807, 2.05) is 54.8 Å². The number of thioether (sulfide) groups is 1. The molecule has 376 valence electrons. The van der Waals surface area contributed by atoms with Crippen LogP contribution in [0.25, 0.3) is 28.7 Å². The van der Waals surface area contributed by atoms with Gasteiger partial charge in [-0.15, -0.1) is 5.10 Å². The molecule has 2 aromatic heterocycles. The average molecular weight is 1070 g/mol. The van der Waals surface area contributed by atoms with Gasteiger partial charge in [0, 0.05) is 6.54 Å². The Kier molecular flexibility index (Phi) is 39.0. The second kappa shape index (κ2) is 40.7. The fraction of sp³-hybridized carbons (Fsp3) is 0.289. The van der Waals surface area contributed by atoms with Crippen molar-refractivity contribution >= 4 is 81.1 Å². The molecule has 0 aliphatic heterocycles. The number of benzene rings is 4. The molecular formula is C45H62ClN12NaO7S4. The number of methoxy groups -OCH3 is 4. The molecule has 0 aliphatic carbocycles. The number of aromatic amines is 3. The summed E-state index contributed by atoms with van der Waals surface area (Å²) in [5.74, 6) is 8.52. The monoisotopic (exact) mass is 1070 g/mol. The summed E-state index contributed by atoms with van der Waals surface area (Å²) in [4.78, 5) is 33.8. The first-order valence-corrected chi connectivity index (χ1v) is 23.3. The third-order valence-corrected chi connectivity index (χ3v) is 9.76. The van der Waals surface area contributed by atoms with Crippen molar-refractivity contribution in [3.8, 4) is 45.8 Å². The van der Waals surface area contributed by atoms with Crippen LogP contribution in [0, 0.1) is 4.77 Å². The summed E-state index contributed by atoms with van der Waals surface area (Å²) >= 11 is 20.7. The molecule has 0 saturated heterocycles. The number of nitrogens with one attached hydrogen (secondary N) is 5. The van der Waals surface area contributed by atoms with Gasteiger partial charge in [0.2, 0.25) is 9.93 Å². The number of ether oxygens (including phenoxy) is 4. The number of H-pyrrole nitrogens is 3. The normalized spacial score (nSPS) is 9.33. The van der Waals surface area contributed by atoms with Crippen LogP contribution in [0.4, 0.5) is 0 Å². The molecule has 25 heteroatoms. The van der Waals surface area contributed by atoms with Crippen molar-refractivity contribution < 1.29 is 63.3 Å². The van der Waals surface area contributed by atoms with E-state index in [0.29, 0.717) is 44.8 Å². The van der Waals surface area contributed by atoms with Crippen LogP contribution in [0.2, 0.25) is 0 Å². The summed E-state index contributed by atoms with van der Waals surface area (Å²) < 4.78 is 20.8. The van der Waals surface area contributed by atoms with E-state index in [9.17, 15) is 9.59 Å². The maximum Gasteiger partial charge on any atom is 1.00 e. The number of nitrogens with two attached hydrogens (primary N) is 3. The number of nitrogens with zero attached hydrogens (tertiary/aromatic N) is 4. The minimum Gasteiger partial charge on any atom is -0.553 e. The van der Waals surface area contributed by atoms with Crippen molar-refractivity contribution in [3.63, 3.8) is 0 Å². The van der Waals surface area contributed by atoms with Crippen LogP contribution in [0.5, 0.6) is 23.0 Å². The molecule has 1 amide bonds. The second-order valence-corrected chi connectivity index (χ2v) is 15.3. The fourth-order valence-corrected chi connectivity index (χ4v) is 5.80. The average Bonchev–Trinajstić information content (AvgIpc) is 4.07. The molecule has 2 heterocycles. The molecular weight excluding hydrogens is 1010 g/mol. The Balaban J connectivity index is 0. The van der Waals surface area contributed by atoms with Crippen LogP contribution in [-0.2, 0) is 0 Å². The summed E-state index contributed by atoms with van der Waals surface area (Å²) in [5, 5.41) is 21.6. The van der Waals surface area contributed by atoms with Crippen molar-refractivity contribution in [1.29, 1.82) is 0 Å². The molecule has 4 aromatic carbocycles. The third kappa shape index (κ3) is 26.3. The molecule has 0 aliphatic rings. The van der Waals surface area contributed by atoms with Gasteiger partial charge in [0.05, 0.1) is 67.2 Å². The molecule has 0 saturated carbocycles. The first-order chi connectivity index (χ1) is 33.2. The molecule has 19 nitrogen and oxygen atoms in total. The van der Waals surface area contributed by atoms with Gasteiger partial charge < -0.3 is 57.5 Å². The van der Waals surface area contributed by atoms with Crippen molar-refractivity contribution in [1.82, 2.24) is 40.6 Å². The van der Waals surface area contributed by atoms with E-state index in [1.54, 1.807) is 62.8 Å². The molecule has 0 radical (unpaired) electrons. The van der Waals surface area contributed by atoms with Crippen LogP contribution in [0.3, 0.4) is 0 Å². The van der Waals surface area contributed by atoms with Crippen LogP contribution >= 0.6 is 60.0 Å². The van der Waals surface area contributed by atoms with Gasteiger partial charge in [-0.05, 0) is 98.2 Å². The summed E-state index contributed by atoms with van der Waals surface area (Å²) in [5.41, 5.74) is 17.8. The molecule has 0 fully saturated rings. The number of carbonyl (C=O) groups is 2. The Morgan fingerprint density at radius 1 is 0.714 bits per heavy atom. The Labute approximate surface area is 456 Å². The predicted molar refractivity (Wildman–Crippen MR) is 287 cm³/mol. The number of hydrogen-bond acceptors (Lipinski definition) is 16. The quantitative estimate of drug-likeness (QED) is 0.0217. The Bertz CT molecular complexity index is 2460. The van der Waals surface area contributed by atoms with Gasteiger partial charge in [-0.25, -0.2) is 4.98 Å². The molecule has 6 rings (SSSR count). The SMILES string of the molecule is CCN(CC)CC.COc1ccccc1-c1nc(=S)[nH][nH]1.COc1ccccc1-c1nc(SC)n[nH]1.COc1ccccc1C(=O)Cl.COc1ccccc1C(=O)NCC(N)=S.NCC(N)=S.[NH-]O.[Na+]. The maximum atomic E-state index is 11.6. The molecule has 12 N–H and O–H groups in total. The van der Waals surface area contributed by atoms with Crippen LogP contribution in [0.15, 0.2) is 102 Å². The van der Waals surface area contributed by atoms with Crippen LogP contribution in [-0.4, -0.2) is 129 Å². The van der Waals surface area contributed by atoms with Gasteiger partial charge in [-0.3, -0.25) is 24.9 Å². The molecule has 0 atom stereocenters. The number of rotatable bonds is 15. The molecule has 0 unspecified atom stereocenters. The zero-order valence-electron chi connectivity index (χ0n) is 40.7. The Hall–Kier alpha value is -5.02. The van der Waals surface area contributed by atoms with E-state index in [2.05, 4.69) is 85.8 Å². The Morgan fingerprint density at radius 2 is 1.13 bits per heavy atom. The first kappa shape index (κ1) is 67.1. The van der Waals surface area contributed by atoms with Gasteiger partial charge in [-0.1, -0.05) is 105 Å². The van der Waals surface area contributed by atoms with Gasteiger partial charge in [-0.2, -0.15) is 4.98 Å². The van der Waals surface area contributed by atoms with Gasteiger partial charge in [0.25, 0.3) is 11.1 Å². The van der Waals surface area contributed by atoms with Crippen LogP contribution in [0.1, 0.15) is 41.5 Å². The van der Waals surface area contributed by atoms with Crippen molar-refractivity contribution in [2.24, 2.45) is 17.2 Å². The van der Waals surface area contributed by atoms with Gasteiger partial charge >= 0.3 is 29.6 Å². The molecule has 0 bridgehead atoms. The van der Waals surface area contributed by atoms with E-state index in [1.165, 1.54) is 45.6 Å². The van der Waals surface area contributed by atoms with Crippen LogP contribution < -0.4 is 71.0 Å². The summed E-state index contributed by atoms with van der Waals surface area (Å²) in [6.07, 6.45) is 1.94. The number of hydrogen-bond donors (Lipinski definition) is 8. The fourth-order valence-electron chi connectivity index (χ4n) is 5.11. The van der Waals surface area contributed by atoms with E-state index in [4.69, 9.17) is 71.1 Å². The van der Waals surface area contributed by atoms with E-state index >= 15 is 0 Å². The zero-order valence-corrected chi connectivity index (χ0v) is 46.7. The van der Waals surface area contributed by atoms with Gasteiger partial charge in [0.1, 0.15) is 23.0 Å². The van der Waals surface area contributed by atoms with E-state index < -0.39 is 5.24 Å². The second-order valence-electron chi connectivity index (χ2n) is 12.7. The topological polar surface area (TPSA) is 294 Å². The smallest absolute Gasteiger partial charge is 0.553 e. The number of carbonyl (C=O) groups excluding carboxylic acids is 2. The zero-order chi connectivity index (χ0) is 52.1. The predicted octanol–water partition coefficient (Wildman–Crippen LogP) is 5.14. The minimum absolute atomic E-state index is 0. The van der Waals surface area contributed by atoms with Gasteiger partial charge in [0.15, 0.2) is 11.6 Å². The number of para-hydroxylation sites is 4. The summed E-state index contributed by atoms with van der Waals surface area (Å²) in [6, 6.07) is 29.1. The minimum atomic E-state index is -0.498. The van der Waals surface area contributed by atoms with Crippen molar-refractivity contribution in [2.75, 3.05) is 67.4 Å². The van der Waals surface area contributed by atoms with Crippen molar-refractivity contribution in [3.05, 3.63) is 119 Å². The largest absolute Gasteiger partial charge is 1.00 e. The molecule has 6 aromatic rings. The number of amides is 1. The Morgan fingerprint density at radius 3 is 1.47 bits per heavy atom. The maximum absolute atomic E-state index is 11.6.